The van der Waals surface area contributed by atoms with Crippen molar-refractivity contribution in [2.75, 3.05) is 54.1 Å². The first-order valence-corrected chi connectivity index (χ1v) is 22.7. The summed E-state index contributed by atoms with van der Waals surface area (Å²) in [6, 6.07) is 0. The van der Waals surface area contributed by atoms with Gasteiger partial charge >= 0.3 is 13.8 Å². The molecule has 0 aliphatic carbocycles. The number of nitrogens with zero attached hydrogens (tertiary/aromatic N) is 1. The molecule has 0 aromatic heterocycles. The molecule has 54 heavy (non-hydrogen) atoms. The van der Waals surface area contributed by atoms with E-state index in [4.69, 9.17) is 18.5 Å². The predicted octanol–water partition coefficient (Wildman–Crippen LogP) is 12.3. The smallest absolute Gasteiger partial charge is 0.457 e. The van der Waals surface area contributed by atoms with Crippen molar-refractivity contribution >= 4 is 13.8 Å². The lowest BCUT2D eigenvalue weighted by Crippen LogP contribution is -2.37. The van der Waals surface area contributed by atoms with Gasteiger partial charge in [-0.05, 0) is 77.0 Å². The van der Waals surface area contributed by atoms with Crippen LogP contribution in [-0.2, 0) is 27.9 Å². The van der Waals surface area contributed by atoms with Crippen molar-refractivity contribution < 1.29 is 37.3 Å². The van der Waals surface area contributed by atoms with Gasteiger partial charge in [-0.2, -0.15) is 0 Å². The number of esters is 1. The number of carbonyl (C=O) groups excluding carboxylic acids is 1. The van der Waals surface area contributed by atoms with Gasteiger partial charge in [-0.15, -0.1) is 0 Å². The lowest BCUT2D eigenvalue weighted by molar-refractivity contribution is -0.870. The van der Waals surface area contributed by atoms with Crippen molar-refractivity contribution in [2.24, 2.45) is 0 Å². The van der Waals surface area contributed by atoms with Gasteiger partial charge in [0.15, 0.2) is 0 Å². The molecule has 2 unspecified atom stereocenters. The molecule has 0 saturated heterocycles. The quantitative estimate of drug-likeness (QED) is 0.0219. The molecule has 0 rings (SSSR count). The third-order valence-electron chi connectivity index (χ3n) is 8.48. The summed E-state index contributed by atoms with van der Waals surface area (Å²) in [5.41, 5.74) is 0. The Hall–Kier alpha value is -2.06. The molecular weight excluding hydrogens is 697 g/mol. The Bertz CT molecular complexity index is 1090. The van der Waals surface area contributed by atoms with Gasteiger partial charge in [-0.1, -0.05) is 138 Å². The highest BCUT2D eigenvalue weighted by atomic mass is 31.2. The van der Waals surface area contributed by atoms with Gasteiger partial charge in [0.2, 0.25) is 0 Å². The van der Waals surface area contributed by atoms with Crippen LogP contribution in [0.2, 0.25) is 0 Å². The lowest BCUT2D eigenvalue weighted by atomic mass is 10.1. The molecule has 0 aliphatic rings. The van der Waals surface area contributed by atoms with E-state index in [-0.39, 0.29) is 25.8 Å². The van der Waals surface area contributed by atoms with Crippen LogP contribution in [0.3, 0.4) is 0 Å². The number of hydrogen-bond donors (Lipinski definition) is 1. The third-order valence-corrected chi connectivity index (χ3v) is 9.47. The van der Waals surface area contributed by atoms with Gasteiger partial charge < -0.3 is 18.9 Å². The van der Waals surface area contributed by atoms with Crippen LogP contribution >= 0.6 is 7.82 Å². The fourth-order valence-electron chi connectivity index (χ4n) is 5.23. The van der Waals surface area contributed by atoms with E-state index in [0.717, 1.165) is 83.5 Å². The molecular formula is C45H81NO7P+. The average molecular weight is 779 g/mol. The average Bonchev–Trinajstić information content (AvgIpc) is 3.12. The van der Waals surface area contributed by atoms with Crippen molar-refractivity contribution in [3.05, 3.63) is 72.9 Å². The number of unbranched alkanes of at least 4 members (excludes halogenated alkanes) is 12. The minimum absolute atomic E-state index is 0.0795. The fraction of sp³-hybridized carbons (Fsp3) is 0.711. The molecule has 0 aromatic rings. The van der Waals surface area contributed by atoms with Crippen LogP contribution in [0.1, 0.15) is 149 Å². The zero-order valence-corrected chi connectivity index (χ0v) is 36.1. The Morgan fingerprint density at radius 2 is 1.07 bits per heavy atom. The Kier molecular flexibility index (Phi) is 36.4. The third kappa shape index (κ3) is 41.1. The summed E-state index contributed by atoms with van der Waals surface area (Å²) in [6.07, 6.45) is 47.9. The molecule has 0 aliphatic heterocycles. The molecule has 1 N–H and O–H groups in total. The van der Waals surface area contributed by atoms with Gasteiger partial charge in [0.05, 0.1) is 34.4 Å². The number of quaternary nitrogens is 1. The largest absolute Gasteiger partial charge is 0.472 e. The molecule has 0 heterocycles. The van der Waals surface area contributed by atoms with Crippen molar-refractivity contribution in [2.45, 2.75) is 155 Å². The van der Waals surface area contributed by atoms with E-state index in [1.807, 2.05) is 21.1 Å². The van der Waals surface area contributed by atoms with Gasteiger partial charge in [-0.3, -0.25) is 13.8 Å². The number of rotatable bonds is 38. The van der Waals surface area contributed by atoms with Crippen LogP contribution in [0.15, 0.2) is 72.9 Å². The molecule has 9 heteroatoms. The Morgan fingerprint density at radius 1 is 0.593 bits per heavy atom. The molecule has 0 aromatic carbocycles. The van der Waals surface area contributed by atoms with E-state index in [1.54, 1.807) is 0 Å². The standard InChI is InChI=1S/C45H80NO7P/c1-6-8-10-12-14-16-18-19-20-21-22-23-24-25-26-27-28-30-32-34-36-38-45(47)53-44(43-52-54(48,49)51-41-39-46(3,4)5)42-50-40-37-35-33-31-29-17-15-13-11-9-7-2/h8,10-11,13-14,16,19-20,22-23,25-26,44H,6-7,9,12,15,17-18,21,24,27-43H2,1-5H3/p+1/b10-8-,13-11-,16-14-,20-19-,23-22-,26-25-. The lowest BCUT2D eigenvalue weighted by Gasteiger charge is -2.24. The molecule has 2 atom stereocenters. The number of phosphoric acid groups is 1. The number of likely N-dealkylation sites (N-methyl/N-ethyl adjacent to an activating group) is 1. The summed E-state index contributed by atoms with van der Waals surface area (Å²) < 4.78 is 34.9. The SMILES string of the molecule is CC/C=C\C/C=C\C/C=C\C/C=C\C/C=C\CCCCCCCC(=O)OC(COCCCCCCCC/C=C\CCC)COP(=O)(O)OCC[N+](C)(C)C. The second kappa shape index (κ2) is 37.8. The fourth-order valence-corrected chi connectivity index (χ4v) is 5.97. The highest BCUT2D eigenvalue weighted by molar-refractivity contribution is 7.47. The first-order valence-electron chi connectivity index (χ1n) is 21.2. The summed E-state index contributed by atoms with van der Waals surface area (Å²) in [7, 11) is 1.64. The van der Waals surface area contributed by atoms with Crippen molar-refractivity contribution in [3.63, 3.8) is 0 Å². The maximum Gasteiger partial charge on any atom is 0.472 e. The Morgan fingerprint density at radius 3 is 1.63 bits per heavy atom. The number of hydrogen-bond acceptors (Lipinski definition) is 6. The summed E-state index contributed by atoms with van der Waals surface area (Å²) in [6.45, 7) is 5.39. The van der Waals surface area contributed by atoms with Gasteiger partial charge in [0, 0.05) is 13.0 Å². The van der Waals surface area contributed by atoms with Crippen LogP contribution in [0.4, 0.5) is 0 Å². The molecule has 0 radical (unpaired) electrons. The summed E-state index contributed by atoms with van der Waals surface area (Å²) in [4.78, 5) is 22.8. The van der Waals surface area contributed by atoms with Crippen molar-refractivity contribution in [1.29, 1.82) is 0 Å². The van der Waals surface area contributed by atoms with E-state index >= 15 is 0 Å². The monoisotopic (exact) mass is 779 g/mol. The van der Waals surface area contributed by atoms with Gasteiger partial charge in [0.25, 0.3) is 0 Å². The second-order valence-electron chi connectivity index (χ2n) is 15.0. The van der Waals surface area contributed by atoms with E-state index in [1.165, 1.54) is 44.9 Å². The van der Waals surface area contributed by atoms with Crippen molar-refractivity contribution in [1.82, 2.24) is 0 Å². The molecule has 0 amide bonds. The molecule has 0 saturated carbocycles. The van der Waals surface area contributed by atoms with E-state index in [2.05, 4.69) is 86.8 Å². The highest BCUT2D eigenvalue weighted by Gasteiger charge is 2.26. The van der Waals surface area contributed by atoms with Crippen LogP contribution in [-0.4, -0.2) is 75.6 Å². The maximum absolute atomic E-state index is 12.7. The van der Waals surface area contributed by atoms with Crippen LogP contribution in [0, 0.1) is 0 Å². The van der Waals surface area contributed by atoms with E-state index in [9.17, 15) is 14.3 Å². The van der Waals surface area contributed by atoms with Crippen LogP contribution in [0.5, 0.6) is 0 Å². The van der Waals surface area contributed by atoms with Gasteiger partial charge in [-0.25, -0.2) is 4.57 Å². The second-order valence-corrected chi connectivity index (χ2v) is 16.4. The van der Waals surface area contributed by atoms with E-state index in [0.29, 0.717) is 24.1 Å². The molecule has 312 valence electrons. The predicted molar refractivity (Wildman–Crippen MR) is 228 cm³/mol. The number of allylic oxidation sites excluding steroid dienone is 12. The Balaban J connectivity index is 4.28. The maximum atomic E-state index is 12.7. The van der Waals surface area contributed by atoms with Gasteiger partial charge in [0.1, 0.15) is 19.3 Å². The number of carbonyl (C=O) groups is 1. The first kappa shape index (κ1) is 51.9. The summed E-state index contributed by atoms with van der Waals surface area (Å²) in [5.74, 6) is -0.339. The normalized spacial score (nSPS) is 14.6. The topological polar surface area (TPSA) is 91.3 Å². The zero-order valence-electron chi connectivity index (χ0n) is 35.2. The van der Waals surface area contributed by atoms with Crippen LogP contribution < -0.4 is 0 Å². The van der Waals surface area contributed by atoms with E-state index < -0.39 is 13.9 Å². The highest BCUT2D eigenvalue weighted by Crippen LogP contribution is 2.43. The molecule has 0 bridgehead atoms. The minimum atomic E-state index is -4.28. The number of ether oxygens (including phenoxy) is 2. The molecule has 8 nitrogen and oxygen atoms in total. The molecule has 0 spiro atoms. The minimum Gasteiger partial charge on any atom is -0.457 e. The number of phosphoric ester groups is 1. The summed E-state index contributed by atoms with van der Waals surface area (Å²) in [5, 5.41) is 0. The molecule has 0 fully saturated rings. The first-order chi connectivity index (χ1) is 26.1. The summed E-state index contributed by atoms with van der Waals surface area (Å²) >= 11 is 0. The Labute approximate surface area is 332 Å². The van der Waals surface area contributed by atoms with Crippen LogP contribution in [0.25, 0.3) is 0 Å². The van der Waals surface area contributed by atoms with Crippen molar-refractivity contribution in [3.8, 4) is 0 Å². The zero-order chi connectivity index (χ0) is 39.9.